The lowest BCUT2D eigenvalue weighted by Crippen LogP contribution is -2.21. The summed E-state index contributed by atoms with van der Waals surface area (Å²) in [6, 6.07) is 12.7. The van der Waals surface area contributed by atoms with Gasteiger partial charge in [0, 0.05) is 11.8 Å². The van der Waals surface area contributed by atoms with Crippen LogP contribution in [0.3, 0.4) is 0 Å². The standard InChI is InChI=1S/C24H20N4O5/c1-13-10-20(22(28(32)33)11-14(13)2)21-9-6-17(25-21)12-19-15(3)26-27(23(19)29)18-7-4-16(5-8-18)24(30)31/h4-12,25H,1-3H3,(H,30,31). The summed E-state index contributed by atoms with van der Waals surface area (Å²) in [5, 5.41) is 26.1. The number of nitro benzene ring substituents is 1. The Balaban J connectivity index is 1.65. The van der Waals surface area contributed by atoms with Gasteiger partial charge < -0.3 is 10.1 Å². The molecule has 9 heteroatoms. The van der Waals surface area contributed by atoms with E-state index in [1.807, 2.05) is 13.8 Å². The molecule has 3 aromatic rings. The van der Waals surface area contributed by atoms with Crippen LogP contribution in [-0.2, 0) is 4.79 Å². The van der Waals surface area contributed by atoms with Crippen LogP contribution in [0.5, 0.6) is 0 Å². The molecule has 9 nitrogen and oxygen atoms in total. The normalized spacial score (nSPS) is 14.6. The van der Waals surface area contributed by atoms with E-state index in [1.165, 1.54) is 29.3 Å². The second-order valence-electron chi connectivity index (χ2n) is 7.75. The molecule has 1 aromatic heterocycles. The molecule has 0 fully saturated rings. The SMILES string of the molecule is CC1=NN(c2ccc(C(=O)O)cc2)C(=O)C1=Cc1ccc(-c2cc(C)c(C)cc2[N+](=O)[O-])[nH]1. The predicted octanol–water partition coefficient (Wildman–Crippen LogP) is 4.71. The van der Waals surface area contributed by atoms with Gasteiger partial charge in [-0.15, -0.1) is 0 Å². The summed E-state index contributed by atoms with van der Waals surface area (Å²) in [6.45, 7) is 5.42. The molecule has 0 unspecified atom stereocenters. The fraction of sp³-hybridized carbons (Fsp3) is 0.125. The van der Waals surface area contributed by atoms with Crippen molar-refractivity contribution in [3.63, 3.8) is 0 Å². The molecule has 2 heterocycles. The zero-order chi connectivity index (χ0) is 23.9. The lowest BCUT2D eigenvalue weighted by atomic mass is 10.0. The van der Waals surface area contributed by atoms with Crippen molar-refractivity contribution < 1.29 is 19.6 Å². The smallest absolute Gasteiger partial charge is 0.335 e. The number of hydrogen-bond acceptors (Lipinski definition) is 5. The van der Waals surface area contributed by atoms with Gasteiger partial charge in [0.15, 0.2) is 0 Å². The molecule has 1 amide bonds. The summed E-state index contributed by atoms with van der Waals surface area (Å²) < 4.78 is 0. The first-order valence-electron chi connectivity index (χ1n) is 10.1. The number of H-pyrrole nitrogens is 1. The molecular formula is C24H20N4O5. The van der Waals surface area contributed by atoms with Gasteiger partial charge in [0.05, 0.1) is 38.7 Å². The summed E-state index contributed by atoms with van der Waals surface area (Å²) in [4.78, 5) is 38.3. The van der Waals surface area contributed by atoms with Crippen LogP contribution in [0.1, 0.15) is 34.1 Å². The topological polar surface area (TPSA) is 129 Å². The van der Waals surface area contributed by atoms with Crippen LogP contribution < -0.4 is 5.01 Å². The number of benzene rings is 2. The van der Waals surface area contributed by atoms with Crippen molar-refractivity contribution in [2.75, 3.05) is 5.01 Å². The largest absolute Gasteiger partial charge is 0.478 e. The fourth-order valence-electron chi connectivity index (χ4n) is 3.58. The van der Waals surface area contributed by atoms with Crippen molar-refractivity contribution >= 4 is 35.0 Å². The Labute approximate surface area is 188 Å². The fourth-order valence-corrected chi connectivity index (χ4v) is 3.58. The second-order valence-corrected chi connectivity index (χ2v) is 7.75. The molecule has 2 N–H and O–H groups in total. The molecule has 0 spiro atoms. The molecule has 2 aromatic carbocycles. The molecule has 0 radical (unpaired) electrons. The van der Waals surface area contributed by atoms with Crippen molar-refractivity contribution in [1.82, 2.24) is 4.98 Å². The van der Waals surface area contributed by atoms with E-state index in [4.69, 9.17) is 5.11 Å². The number of aryl methyl sites for hydroxylation is 2. The van der Waals surface area contributed by atoms with Gasteiger partial charge in [0.2, 0.25) is 0 Å². The molecule has 0 saturated heterocycles. The maximum absolute atomic E-state index is 13.0. The van der Waals surface area contributed by atoms with Crippen LogP contribution in [0.4, 0.5) is 11.4 Å². The highest BCUT2D eigenvalue weighted by Gasteiger charge is 2.29. The average molecular weight is 444 g/mol. The highest BCUT2D eigenvalue weighted by molar-refractivity contribution is 6.32. The number of amides is 1. The molecule has 0 saturated carbocycles. The highest BCUT2D eigenvalue weighted by atomic mass is 16.6. The Morgan fingerprint density at radius 1 is 1.09 bits per heavy atom. The van der Waals surface area contributed by atoms with Gasteiger partial charge in [-0.1, -0.05) is 0 Å². The monoisotopic (exact) mass is 444 g/mol. The van der Waals surface area contributed by atoms with E-state index in [-0.39, 0.29) is 17.2 Å². The number of carbonyl (C=O) groups is 2. The number of aromatic carboxylic acids is 1. The van der Waals surface area contributed by atoms with Gasteiger partial charge in [-0.25, -0.2) is 4.79 Å². The van der Waals surface area contributed by atoms with Crippen LogP contribution in [-0.4, -0.2) is 32.6 Å². The highest BCUT2D eigenvalue weighted by Crippen LogP contribution is 2.33. The summed E-state index contributed by atoms with van der Waals surface area (Å²) in [6.07, 6.45) is 1.64. The van der Waals surface area contributed by atoms with Crippen LogP contribution in [0.2, 0.25) is 0 Å². The molecule has 0 atom stereocenters. The number of nitrogens with zero attached hydrogens (tertiary/aromatic N) is 3. The van der Waals surface area contributed by atoms with E-state index in [2.05, 4.69) is 10.1 Å². The number of nitro groups is 1. The number of rotatable bonds is 5. The Morgan fingerprint density at radius 3 is 2.39 bits per heavy atom. The summed E-state index contributed by atoms with van der Waals surface area (Å²) in [5.74, 6) is -1.41. The van der Waals surface area contributed by atoms with E-state index < -0.39 is 10.9 Å². The van der Waals surface area contributed by atoms with Crippen molar-refractivity contribution in [3.8, 4) is 11.3 Å². The van der Waals surface area contributed by atoms with E-state index in [0.717, 1.165) is 11.1 Å². The lowest BCUT2D eigenvalue weighted by Gasteiger charge is -2.11. The Bertz CT molecular complexity index is 1370. The van der Waals surface area contributed by atoms with Crippen molar-refractivity contribution in [2.24, 2.45) is 5.10 Å². The number of carboxylic acid groups (broad SMARTS) is 1. The first kappa shape index (κ1) is 21.7. The maximum atomic E-state index is 13.0. The second kappa shape index (κ2) is 8.19. The summed E-state index contributed by atoms with van der Waals surface area (Å²) in [5.41, 5.74) is 4.82. The molecule has 1 aliphatic rings. The number of aromatic amines is 1. The number of anilines is 1. The first-order valence-corrected chi connectivity index (χ1v) is 10.1. The Hall–Kier alpha value is -4.53. The van der Waals surface area contributed by atoms with Gasteiger partial charge in [0.25, 0.3) is 11.6 Å². The quantitative estimate of drug-likeness (QED) is 0.334. The summed E-state index contributed by atoms with van der Waals surface area (Å²) in [7, 11) is 0. The van der Waals surface area contributed by atoms with Crippen molar-refractivity contribution in [2.45, 2.75) is 20.8 Å². The van der Waals surface area contributed by atoms with Gasteiger partial charge in [-0.2, -0.15) is 10.1 Å². The van der Waals surface area contributed by atoms with E-state index >= 15 is 0 Å². The minimum Gasteiger partial charge on any atom is -0.478 e. The minimum atomic E-state index is -1.05. The molecular weight excluding hydrogens is 424 g/mol. The predicted molar refractivity (Wildman–Crippen MR) is 124 cm³/mol. The molecule has 4 rings (SSSR count). The average Bonchev–Trinajstić information content (AvgIpc) is 3.35. The van der Waals surface area contributed by atoms with Crippen LogP contribution in [0.25, 0.3) is 17.3 Å². The third-order valence-electron chi connectivity index (χ3n) is 5.53. The molecule has 166 valence electrons. The van der Waals surface area contributed by atoms with Gasteiger partial charge in [-0.3, -0.25) is 14.9 Å². The zero-order valence-electron chi connectivity index (χ0n) is 18.1. The van der Waals surface area contributed by atoms with Crippen LogP contribution in [0, 0.1) is 24.0 Å². The molecule has 0 bridgehead atoms. The number of aromatic nitrogens is 1. The molecule has 33 heavy (non-hydrogen) atoms. The Kier molecular flexibility index (Phi) is 5.39. The third kappa shape index (κ3) is 4.03. The number of carbonyl (C=O) groups excluding carboxylic acids is 1. The van der Waals surface area contributed by atoms with Crippen LogP contribution in [0.15, 0.2) is 59.2 Å². The number of nitrogens with one attached hydrogen (secondary N) is 1. The lowest BCUT2D eigenvalue weighted by molar-refractivity contribution is -0.384. The minimum absolute atomic E-state index is 0.00446. The number of hydrogen-bond donors (Lipinski definition) is 2. The molecule has 1 aliphatic heterocycles. The summed E-state index contributed by atoms with van der Waals surface area (Å²) >= 11 is 0. The zero-order valence-corrected chi connectivity index (χ0v) is 18.1. The van der Waals surface area contributed by atoms with Crippen molar-refractivity contribution in [1.29, 1.82) is 0 Å². The number of hydrazone groups is 1. The van der Waals surface area contributed by atoms with Gasteiger partial charge >= 0.3 is 5.97 Å². The van der Waals surface area contributed by atoms with E-state index in [1.54, 1.807) is 37.3 Å². The van der Waals surface area contributed by atoms with Crippen molar-refractivity contribution in [3.05, 3.63) is 86.6 Å². The van der Waals surface area contributed by atoms with E-state index in [0.29, 0.717) is 33.9 Å². The maximum Gasteiger partial charge on any atom is 0.335 e. The first-order chi connectivity index (χ1) is 15.7. The van der Waals surface area contributed by atoms with Gasteiger partial charge in [0.1, 0.15) is 0 Å². The third-order valence-corrected chi connectivity index (χ3v) is 5.53. The molecule has 0 aliphatic carbocycles. The van der Waals surface area contributed by atoms with E-state index in [9.17, 15) is 19.7 Å². The van der Waals surface area contributed by atoms with Crippen LogP contribution >= 0.6 is 0 Å². The Morgan fingerprint density at radius 2 is 1.76 bits per heavy atom. The number of carboxylic acids is 1. The van der Waals surface area contributed by atoms with Gasteiger partial charge in [-0.05, 0) is 80.4 Å².